The lowest BCUT2D eigenvalue weighted by Gasteiger charge is -2.28. The lowest BCUT2D eigenvalue weighted by Crippen LogP contribution is -2.46. The second kappa shape index (κ2) is 19.1. The van der Waals surface area contributed by atoms with Crippen molar-refractivity contribution in [1.29, 1.82) is 0 Å². The molecule has 5 aliphatic heterocycles. The van der Waals surface area contributed by atoms with E-state index in [1.807, 2.05) is 40.0 Å². The number of urea groups is 1. The van der Waals surface area contributed by atoms with Crippen LogP contribution in [0.5, 0.6) is 0 Å². The van der Waals surface area contributed by atoms with Crippen LogP contribution in [0.3, 0.4) is 0 Å². The van der Waals surface area contributed by atoms with E-state index in [1.165, 1.54) is 52.1 Å². The number of likely N-dealkylation sites (tertiary alicyclic amines) is 1. The highest BCUT2D eigenvalue weighted by molar-refractivity contribution is 5.78. The summed E-state index contributed by atoms with van der Waals surface area (Å²) in [4.78, 5) is 48.0. The third-order valence-electron chi connectivity index (χ3n) is 7.95. The number of likely N-dealkylation sites (N-methyl/N-ethyl adjacent to an activating group) is 7. The molecule has 5 saturated heterocycles. The van der Waals surface area contributed by atoms with Crippen molar-refractivity contribution in [1.82, 2.24) is 39.2 Å². The van der Waals surface area contributed by atoms with E-state index in [-0.39, 0.29) is 24.1 Å². The van der Waals surface area contributed by atoms with E-state index in [1.54, 1.807) is 26.6 Å². The van der Waals surface area contributed by atoms with Gasteiger partial charge in [-0.3, -0.25) is 9.69 Å². The molecule has 0 radical (unpaired) electrons. The summed E-state index contributed by atoms with van der Waals surface area (Å²) in [6, 6.07) is 0.130. The molecule has 0 unspecified atom stereocenters. The summed E-state index contributed by atoms with van der Waals surface area (Å²) < 4.78 is 4.76. The summed E-state index contributed by atoms with van der Waals surface area (Å²) in [6.07, 6.45) is 2.66. The first-order chi connectivity index (χ1) is 19.2. The van der Waals surface area contributed by atoms with Gasteiger partial charge < -0.3 is 39.0 Å². The molecule has 1 atom stereocenters. The Morgan fingerprint density at radius 3 is 1.22 bits per heavy atom. The molecule has 41 heavy (non-hydrogen) atoms. The number of amides is 4. The zero-order valence-electron chi connectivity index (χ0n) is 27.8. The third-order valence-corrected chi connectivity index (χ3v) is 7.95. The average molecular weight is 585 g/mol. The molecule has 0 saturated carbocycles. The van der Waals surface area contributed by atoms with Gasteiger partial charge in [-0.2, -0.15) is 0 Å². The first-order valence-corrected chi connectivity index (χ1v) is 15.1. The van der Waals surface area contributed by atoms with Gasteiger partial charge in [0.25, 0.3) is 0 Å². The summed E-state index contributed by atoms with van der Waals surface area (Å²) in [5.41, 5.74) is 0. The van der Waals surface area contributed by atoms with Crippen LogP contribution in [0, 0.1) is 5.92 Å². The van der Waals surface area contributed by atoms with Gasteiger partial charge in [0.2, 0.25) is 5.91 Å². The Balaban J connectivity index is 0.000000256. The van der Waals surface area contributed by atoms with E-state index >= 15 is 0 Å². The van der Waals surface area contributed by atoms with Crippen molar-refractivity contribution in [3.8, 4) is 0 Å². The SMILES string of the molecule is CC1CCN(C)CC1.CN1CCN(C)C(=O)C1.CN1CCN(C)C1=O.CN1CCN(C)CC1.C[C@@H]1CN(C)C(=O)O1. The van der Waals surface area contributed by atoms with Crippen LogP contribution in [0.4, 0.5) is 9.59 Å². The molecule has 0 aromatic carbocycles. The third kappa shape index (κ3) is 15.6. The van der Waals surface area contributed by atoms with Crippen LogP contribution < -0.4 is 0 Å². The Hall–Kier alpha value is -2.15. The number of ether oxygens (including phenoxy) is 1. The van der Waals surface area contributed by atoms with Gasteiger partial charge in [-0.1, -0.05) is 6.92 Å². The Morgan fingerprint density at radius 2 is 0.951 bits per heavy atom. The highest BCUT2D eigenvalue weighted by atomic mass is 16.6. The van der Waals surface area contributed by atoms with Gasteiger partial charge in [-0.05, 0) is 67.0 Å². The Bertz CT molecular complexity index is 720. The van der Waals surface area contributed by atoms with Gasteiger partial charge in [0.15, 0.2) is 0 Å². The molecule has 5 fully saturated rings. The molecular formula is C29H60N8O4. The van der Waals surface area contributed by atoms with Gasteiger partial charge >= 0.3 is 12.1 Å². The summed E-state index contributed by atoms with van der Waals surface area (Å²) in [5.74, 6) is 1.20. The van der Waals surface area contributed by atoms with Gasteiger partial charge in [0, 0.05) is 80.5 Å². The molecule has 0 bridgehead atoms. The molecule has 12 heteroatoms. The summed E-state index contributed by atoms with van der Waals surface area (Å²) in [7, 11) is 15.7. The molecule has 0 aromatic rings. The summed E-state index contributed by atoms with van der Waals surface area (Å²) >= 11 is 0. The van der Waals surface area contributed by atoms with Gasteiger partial charge in [0.05, 0.1) is 13.1 Å². The van der Waals surface area contributed by atoms with Crippen molar-refractivity contribution in [2.45, 2.75) is 32.8 Å². The number of cyclic esters (lactones) is 1. The first kappa shape index (κ1) is 36.9. The highest BCUT2D eigenvalue weighted by Gasteiger charge is 2.23. The molecule has 240 valence electrons. The quantitative estimate of drug-likeness (QED) is 0.418. The number of piperazine rings is 2. The number of rotatable bonds is 0. The van der Waals surface area contributed by atoms with Gasteiger partial charge in [-0.15, -0.1) is 0 Å². The Labute approximate surface area is 250 Å². The van der Waals surface area contributed by atoms with Crippen LogP contribution in [-0.4, -0.2) is 198 Å². The summed E-state index contributed by atoms with van der Waals surface area (Å²) in [5, 5.41) is 0. The van der Waals surface area contributed by atoms with Crippen LogP contribution in [0.2, 0.25) is 0 Å². The van der Waals surface area contributed by atoms with Crippen LogP contribution in [0.15, 0.2) is 0 Å². The van der Waals surface area contributed by atoms with E-state index in [0.717, 1.165) is 38.6 Å². The fraction of sp³-hybridized carbons (Fsp3) is 0.897. The predicted molar refractivity (Wildman–Crippen MR) is 165 cm³/mol. The molecule has 0 N–H and O–H groups in total. The topological polar surface area (TPSA) is 86.4 Å². The molecule has 5 heterocycles. The minimum absolute atomic E-state index is 0.0764. The van der Waals surface area contributed by atoms with Gasteiger partial charge in [-0.25, -0.2) is 9.59 Å². The number of nitrogens with zero attached hydrogens (tertiary/aromatic N) is 8. The van der Waals surface area contributed by atoms with E-state index in [9.17, 15) is 14.4 Å². The van der Waals surface area contributed by atoms with E-state index < -0.39 is 0 Å². The van der Waals surface area contributed by atoms with Crippen molar-refractivity contribution in [2.24, 2.45) is 5.92 Å². The van der Waals surface area contributed by atoms with Crippen molar-refractivity contribution in [3.05, 3.63) is 0 Å². The minimum atomic E-state index is -0.211. The maximum absolute atomic E-state index is 10.9. The van der Waals surface area contributed by atoms with Crippen molar-refractivity contribution in [3.63, 3.8) is 0 Å². The normalized spacial score (nSPS) is 24.8. The lowest BCUT2D eigenvalue weighted by atomic mass is 10.00. The first-order valence-electron chi connectivity index (χ1n) is 15.1. The zero-order valence-corrected chi connectivity index (χ0v) is 27.8. The molecule has 5 rings (SSSR count). The van der Waals surface area contributed by atoms with Crippen LogP contribution in [0.1, 0.15) is 26.7 Å². The second-order valence-electron chi connectivity index (χ2n) is 12.3. The fourth-order valence-electron chi connectivity index (χ4n) is 4.46. The van der Waals surface area contributed by atoms with Gasteiger partial charge in [0.1, 0.15) is 6.10 Å². The monoisotopic (exact) mass is 584 g/mol. The molecule has 0 aromatic heterocycles. The second-order valence-corrected chi connectivity index (χ2v) is 12.3. The van der Waals surface area contributed by atoms with E-state index in [4.69, 9.17) is 4.74 Å². The van der Waals surface area contributed by atoms with E-state index in [2.05, 4.69) is 42.8 Å². The van der Waals surface area contributed by atoms with Crippen molar-refractivity contribution in [2.75, 3.05) is 135 Å². The van der Waals surface area contributed by atoms with E-state index in [0.29, 0.717) is 6.54 Å². The molecule has 5 aliphatic rings. The molecule has 4 amide bonds. The number of piperidine rings is 1. The lowest BCUT2D eigenvalue weighted by molar-refractivity contribution is -0.133. The Morgan fingerprint density at radius 1 is 0.537 bits per heavy atom. The van der Waals surface area contributed by atoms with Crippen molar-refractivity contribution < 1.29 is 19.1 Å². The maximum atomic E-state index is 10.9. The molecule has 0 spiro atoms. The standard InChI is InChI=1S/C7H15N.C6H12N2O.C6H14N2.C5H10N2O.C5H9NO2/c1-7-3-5-8(2)6-4-7;1-7-3-4-8(2)6(9)5-7;1-7-3-5-8(2)6-4-7;1-6-3-4-7(2)5(6)8;1-4-3-6(2)5(7)8-4/h7H,3-6H2,1-2H3;3-5H2,1-2H3;3-6H2,1-2H3;3-4H2,1-2H3;4H,3H2,1-2H3/t;;;;4-/m....1/s1. The predicted octanol–water partition coefficient (Wildman–Crippen LogP) is 1.04. The summed E-state index contributed by atoms with van der Waals surface area (Å²) in [6.45, 7) is 16.7. The number of hydrogen-bond donors (Lipinski definition) is 0. The van der Waals surface area contributed by atoms with Crippen LogP contribution >= 0.6 is 0 Å². The number of carbonyl (C=O) groups excluding carboxylic acids is 3. The van der Waals surface area contributed by atoms with Crippen LogP contribution in [0.25, 0.3) is 0 Å². The smallest absolute Gasteiger partial charge is 0.409 e. The molecular weight excluding hydrogens is 524 g/mol. The molecule has 0 aliphatic carbocycles. The highest BCUT2D eigenvalue weighted by Crippen LogP contribution is 2.13. The molecule has 12 nitrogen and oxygen atoms in total. The number of carbonyl (C=O) groups is 3. The fourth-order valence-corrected chi connectivity index (χ4v) is 4.46. The average Bonchev–Trinajstić information content (AvgIpc) is 3.39. The maximum Gasteiger partial charge on any atom is 0.409 e. The largest absolute Gasteiger partial charge is 0.445 e. The zero-order chi connectivity index (χ0) is 31.1. The minimum Gasteiger partial charge on any atom is -0.445 e. The Kier molecular flexibility index (Phi) is 17.2. The van der Waals surface area contributed by atoms with Crippen molar-refractivity contribution >= 4 is 18.0 Å². The number of hydrogen-bond acceptors (Lipinski definition) is 8. The van der Waals surface area contributed by atoms with Crippen LogP contribution in [-0.2, 0) is 9.53 Å².